The van der Waals surface area contributed by atoms with E-state index >= 15 is 0 Å². The summed E-state index contributed by atoms with van der Waals surface area (Å²) in [5.74, 6) is 1.29. The maximum atomic E-state index is 6.06. The number of benzene rings is 2. The van der Waals surface area contributed by atoms with Crippen LogP contribution in [0.5, 0.6) is 5.75 Å². The molecule has 0 fully saturated rings. The normalized spacial score (nSPS) is 11.4. The summed E-state index contributed by atoms with van der Waals surface area (Å²) < 4.78 is 5.26. The van der Waals surface area contributed by atoms with Crippen LogP contribution in [0.2, 0.25) is 0 Å². The third-order valence-electron chi connectivity index (χ3n) is 4.15. The highest BCUT2D eigenvalue weighted by molar-refractivity contribution is 6.08. The largest absolute Gasteiger partial charge is 0.497 e. The van der Waals surface area contributed by atoms with Gasteiger partial charge in [-0.05, 0) is 35.4 Å². The molecule has 2 aromatic heterocycles. The van der Waals surface area contributed by atoms with Crippen LogP contribution in [-0.4, -0.2) is 17.1 Å². The molecule has 122 valence electrons. The number of fused-ring (bicyclic) bond motifs is 3. The van der Waals surface area contributed by atoms with Crippen LogP contribution < -0.4 is 10.5 Å². The van der Waals surface area contributed by atoms with Crippen molar-refractivity contribution < 1.29 is 4.74 Å². The van der Waals surface area contributed by atoms with Gasteiger partial charge in [-0.1, -0.05) is 42.5 Å². The lowest BCUT2D eigenvalue weighted by Gasteiger charge is -2.06. The first-order chi connectivity index (χ1) is 12.2. The Bertz CT molecular complexity index is 1100. The minimum absolute atomic E-state index is 0.456. The van der Waals surface area contributed by atoms with Crippen molar-refractivity contribution in [1.29, 1.82) is 0 Å². The van der Waals surface area contributed by atoms with Crippen molar-refractivity contribution in [3.63, 3.8) is 0 Å². The fourth-order valence-electron chi connectivity index (χ4n) is 2.90. The minimum Gasteiger partial charge on any atom is -0.497 e. The fourth-order valence-corrected chi connectivity index (χ4v) is 2.90. The molecule has 2 N–H and O–H groups in total. The van der Waals surface area contributed by atoms with E-state index in [-0.39, 0.29) is 0 Å². The van der Waals surface area contributed by atoms with E-state index in [1.54, 1.807) is 7.11 Å². The zero-order valence-corrected chi connectivity index (χ0v) is 13.8. The van der Waals surface area contributed by atoms with E-state index in [9.17, 15) is 0 Å². The molecule has 4 aromatic rings. The molecule has 0 saturated carbocycles. The van der Waals surface area contributed by atoms with Crippen LogP contribution in [0.25, 0.3) is 34.0 Å². The third kappa shape index (κ3) is 2.90. The molecule has 0 bridgehead atoms. The van der Waals surface area contributed by atoms with Crippen LogP contribution >= 0.6 is 0 Å². The third-order valence-corrected chi connectivity index (χ3v) is 4.15. The van der Waals surface area contributed by atoms with Gasteiger partial charge in [0.1, 0.15) is 11.3 Å². The summed E-state index contributed by atoms with van der Waals surface area (Å²) in [5.41, 5.74) is 9.75. The summed E-state index contributed by atoms with van der Waals surface area (Å²) in [6, 6.07) is 18.0. The summed E-state index contributed by atoms with van der Waals surface area (Å²) in [6.07, 6.45) is 5.89. The average Bonchev–Trinajstić information content (AvgIpc) is 2.66. The second kappa shape index (κ2) is 6.24. The number of hydrogen-bond donors (Lipinski definition) is 1. The molecule has 0 atom stereocenters. The summed E-state index contributed by atoms with van der Waals surface area (Å²) in [6.45, 7) is 0. The second-order valence-electron chi connectivity index (χ2n) is 5.79. The van der Waals surface area contributed by atoms with Crippen molar-refractivity contribution in [2.45, 2.75) is 0 Å². The fraction of sp³-hybridized carbons (Fsp3) is 0.0476. The molecule has 0 aliphatic carbocycles. The van der Waals surface area contributed by atoms with Crippen LogP contribution in [0.3, 0.4) is 0 Å². The quantitative estimate of drug-likeness (QED) is 0.561. The predicted octanol–water partition coefficient (Wildman–Crippen LogP) is 4.54. The van der Waals surface area contributed by atoms with Crippen molar-refractivity contribution in [3.8, 4) is 5.75 Å². The average molecular weight is 327 g/mol. The van der Waals surface area contributed by atoms with Gasteiger partial charge in [0.05, 0.1) is 12.6 Å². The molecule has 25 heavy (non-hydrogen) atoms. The lowest BCUT2D eigenvalue weighted by atomic mass is 10.1. The Labute approximate surface area is 145 Å². The molecule has 4 rings (SSSR count). The summed E-state index contributed by atoms with van der Waals surface area (Å²) >= 11 is 0. The monoisotopic (exact) mass is 327 g/mol. The van der Waals surface area contributed by atoms with Gasteiger partial charge in [-0.15, -0.1) is 0 Å². The Hall–Kier alpha value is -3.40. The Morgan fingerprint density at radius 1 is 0.920 bits per heavy atom. The maximum absolute atomic E-state index is 6.06. The zero-order chi connectivity index (χ0) is 17.2. The number of nitrogens with zero attached hydrogens (tertiary/aromatic N) is 2. The van der Waals surface area contributed by atoms with Gasteiger partial charge < -0.3 is 10.5 Å². The molecule has 2 heterocycles. The standard InChI is InChI=1S/C21H17N3O/c1-25-16-6-4-5-14(11-16)9-10-15-12-18-17-7-2-3-8-19(17)24-21(22)20(18)23-13-15/h2-13H,1H3,(H2,22,24)/b10-9+. The van der Waals surface area contributed by atoms with Crippen LogP contribution in [0.15, 0.2) is 60.8 Å². The Morgan fingerprint density at radius 2 is 1.76 bits per heavy atom. The SMILES string of the molecule is COc1cccc(/C=C/c2cnc3c(N)nc4ccccc4c3c2)c1. The number of rotatable bonds is 3. The van der Waals surface area contributed by atoms with Crippen molar-refractivity contribution in [3.05, 3.63) is 71.9 Å². The van der Waals surface area contributed by atoms with Gasteiger partial charge in [0.25, 0.3) is 0 Å². The highest BCUT2D eigenvalue weighted by atomic mass is 16.5. The first-order valence-electron chi connectivity index (χ1n) is 8.01. The number of para-hydroxylation sites is 1. The minimum atomic E-state index is 0.456. The van der Waals surface area contributed by atoms with Gasteiger partial charge in [-0.3, -0.25) is 4.98 Å². The van der Waals surface area contributed by atoms with Crippen molar-refractivity contribution in [1.82, 2.24) is 9.97 Å². The smallest absolute Gasteiger partial charge is 0.150 e. The van der Waals surface area contributed by atoms with Gasteiger partial charge in [-0.2, -0.15) is 0 Å². The molecule has 0 spiro atoms. The van der Waals surface area contributed by atoms with E-state index in [2.05, 4.69) is 16.0 Å². The number of nitrogens with two attached hydrogens (primary N) is 1. The summed E-state index contributed by atoms with van der Waals surface area (Å²) in [4.78, 5) is 8.94. The number of ether oxygens (including phenoxy) is 1. The first kappa shape index (κ1) is 15.1. The van der Waals surface area contributed by atoms with Gasteiger partial charge in [0, 0.05) is 17.0 Å². The molecule has 0 saturated heterocycles. The molecular formula is C21H17N3O. The Kier molecular flexibility index (Phi) is 3.78. The lowest BCUT2D eigenvalue weighted by Crippen LogP contribution is -1.95. The van der Waals surface area contributed by atoms with Crippen LogP contribution in [0.4, 0.5) is 5.82 Å². The Balaban J connectivity index is 1.80. The van der Waals surface area contributed by atoms with E-state index in [4.69, 9.17) is 10.5 Å². The van der Waals surface area contributed by atoms with E-state index < -0.39 is 0 Å². The van der Waals surface area contributed by atoms with Gasteiger partial charge in [-0.25, -0.2) is 4.98 Å². The highest BCUT2D eigenvalue weighted by Crippen LogP contribution is 2.27. The summed E-state index contributed by atoms with van der Waals surface area (Å²) in [7, 11) is 1.67. The van der Waals surface area contributed by atoms with E-state index in [1.807, 2.05) is 66.9 Å². The number of nitrogen functional groups attached to an aromatic ring is 1. The van der Waals surface area contributed by atoms with Crippen molar-refractivity contribution >= 4 is 39.8 Å². The van der Waals surface area contributed by atoms with E-state index in [0.29, 0.717) is 5.82 Å². The van der Waals surface area contributed by atoms with Crippen LogP contribution in [0.1, 0.15) is 11.1 Å². The summed E-state index contributed by atoms with van der Waals surface area (Å²) in [5, 5.41) is 2.06. The Morgan fingerprint density at radius 3 is 2.64 bits per heavy atom. The molecule has 0 aliphatic rings. The molecule has 4 nitrogen and oxygen atoms in total. The topological polar surface area (TPSA) is 61.0 Å². The molecular weight excluding hydrogens is 310 g/mol. The van der Waals surface area contributed by atoms with Crippen molar-refractivity contribution in [2.24, 2.45) is 0 Å². The van der Waals surface area contributed by atoms with Crippen LogP contribution in [0, 0.1) is 0 Å². The highest BCUT2D eigenvalue weighted by Gasteiger charge is 2.07. The number of anilines is 1. The van der Waals surface area contributed by atoms with Gasteiger partial charge in [0.2, 0.25) is 0 Å². The number of pyridine rings is 2. The van der Waals surface area contributed by atoms with Crippen LogP contribution in [-0.2, 0) is 0 Å². The number of aromatic nitrogens is 2. The number of hydrogen-bond acceptors (Lipinski definition) is 4. The van der Waals surface area contributed by atoms with E-state index in [1.165, 1.54) is 0 Å². The molecule has 0 unspecified atom stereocenters. The van der Waals surface area contributed by atoms with E-state index in [0.717, 1.165) is 38.7 Å². The number of methoxy groups -OCH3 is 1. The van der Waals surface area contributed by atoms with Crippen molar-refractivity contribution in [2.75, 3.05) is 12.8 Å². The van der Waals surface area contributed by atoms with Gasteiger partial charge >= 0.3 is 0 Å². The molecule has 0 amide bonds. The predicted molar refractivity (Wildman–Crippen MR) is 103 cm³/mol. The maximum Gasteiger partial charge on any atom is 0.150 e. The zero-order valence-electron chi connectivity index (χ0n) is 13.8. The first-order valence-corrected chi connectivity index (χ1v) is 8.01. The lowest BCUT2D eigenvalue weighted by molar-refractivity contribution is 0.414. The van der Waals surface area contributed by atoms with Gasteiger partial charge in [0.15, 0.2) is 5.82 Å². The molecule has 0 aliphatic heterocycles. The second-order valence-corrected chi connectivity index (χ2v) is 5.79. The molecule has 2 aromatic carbocycles. The molecule has 4 heteroatoms. The molecule has 0 radical (unpaired) electrons.